The molecule has 0 fully saturated rings. The number of aromatic nitrogens is 1. The molecule has 0 aliphatic rings. The summed E-state index contributed by atoms with van der Waals surface area (Å²) < 4.78 is 18.3. The molecule has 1 amide bonds. The summed E-state index contributed by atoms with van der Waals surface area (Å²) in [7, 11) is 0. The Kier molecular flexibility index (Phi) is 5.66. The van der Waals surface area contributed by atoms with Crippen LogP contribution in [0.25, 0.3) is 10.9 Å². The Morgan fingerprint density at radius 2 is 1.85 bits per heavy atom. The van der Waals surface area contributed by atoms with Crippen LogP contribution in [-0.4, -0.2) is 30.0 Å². The zero-order chi connectivity index (χ0) is 19.4. The summed E-state index contributed by atoms with van der Waals surface area (Å²) in [6.07, 6.45) is 0. The quantitative estimate of drug-likeness (QED) is 0.486. The molecule has 0 N–H and O–H groups in total. The third-order valence-electron chi connectivity index (χ3n) is 3.99. The number of carbonyl (C=O) groups is 2. The molecule has 5 nitrogen and oxygen atoms in total. The van der Waals surface area contributed by atoms with Crippen LogP contribution in [0.1, 0.15) is 17.3 Å². The summed E-state index contributed by atoms with van der Waals surface area (Å²) in [5.74, 6) is -1.48. The van der Waals surface area contributed by atoms with E-state index in [1.807, 2.05) is 0 Å². The minimum atomic E-state index is -0.668. The van der Waals surface area contributed by atoms with E-state index in [1.165, 1.54) is 35.2 Å². The van der Waals surface area contributed by atoms with E-state index in [0.29, 0.717) is 23.1 Å². The smallest absolute Gasteiger partial charge is 0.339 e. The van der Waals surface area contributed by atoms with Gasteiger partial charge in [0, 0.05) is 17.6 Å². The largest absolute Gasteiger partial charge is 0.452 e. The van der Waals surface area contributed by atoms with Crippen molar-refractivity contribution in [3.05, 3.63) is 71.1 Å². The molecule has 0 bridgehead atoms. The van der Waals surface area contributed by atoms with Gasteiger partial charge in [-0.15, -0.1) is 0 Å². The number of anilines is 1. The third kappa shape index (κ3) is 4.23. The average molecular weight is 387 g/mol. The number of likely N-dealkylation sites (N-methyl/N-ethyl adjacent to an activating group) is 1. The first-order valence-electron chi connectivity index (χ1n) is 8.28. The molecule has 0 unspecified atom stereocenters. The van der Waals surface area contributed by atoms with Crippen molar-refractivity contribution in [3.8, 4) is 0 Å². The van der Waals surface area contributed by atoms with Crippen molar-refractivity contribution in [2.24, 2.45) is 0 Å². The number of esters is 1. The van der Waals surface area contributed by atoms with Crippen molar-refractivity contribution in [3.63, 3.8) is 0 Å². The summed E-state index contributed by atoms with van der Waals surface area (Å²) in [5.41, 5.74) is 1.32. The standard InChI is InChI=1S/C20H16ClFN2O3/c1-2-24(14-9-7-13(22)8-10-14)19(25)12-27-20(26)16-11-18(21)23-17-6-4-3-5-15(16)17/h3-11H,2,12H2,1H3. The summed E-state index contributed by atoms with van der Waals surface area (Å²) >= 11 is 5.97. The second-order valence-electron chi connectivity index (χ2n) is 5.70. The number of hydrogen-bond acceptors (Lipinski definition) is 4. The van der Waals surface area contributed by atoms with E-state index in [-0.39, 0.29) is 10.7 Å². The number of fused-ring (bicyclic) bond motifs is 1. The molecule has 27 heavy (non-hydrogen) atoms. The third-order valence-corrected chi connectivity index (χ3v) is 4.18. The number of nitrogens with zero attached hydrogens (tertiary/aromatic N) is 2. The van der Waals surface area contributed by atoms with Gasteiger partial charge in [0.25, 0.3) is 5.91 Å². The van der Waals surface area contributed by atoms with Gasteiger partial charge >= 0.3 is 5.97 Å². The summed E-state index contributed by atoms with van der Waals surface area (Å²) in [6.45, 7) is 1.68. The summed E-state index contributed by atoms with van der Waals surface area (Å²) in [4.78, 5) is 30.5. The Morgan fingerprint density at radius 1 is 1.15 bits per heavy atom. The predicted octanol–water partition coefficient (Wildman–Crippen LogP) is 4.24. The maximum Gasteiger partial charge on any atom is 0.339 e. The molecule has 2 aromatic carbocycles. The first-order chi connectivity index (χ1) is 13.0. The fraction of sp³-hybridized carbons (Fsp3) is 0.150. The second-order valence-corrected chi connectivity index (χ2v) is 6.09. The molecule has 1 aromatic heterocycles. The highest BCUT2D eigenvalue weighted by Crippen LogP contribution is 2.22. The molecule has 0 aliphatic carbocycles. The van der Waals surface area contributed by atoms with Crippen LogP contribution in [-0.2, 0) is 9.53 Å². The first-order valence-corrected chi connectivity index (χ1v) is 8.65. The molecule has 3 rings (SSSR count). The molecular weight excluding hydrogens is 371 g/mol. The lowest BCUT2D eigenvalue weighted by atomic mass is 10.1. The van der Waals surface area contributed by atoms with Crippen LogP contribution >= 0.6 is 11.6 Å². The van der Waals surface area contributed by atoms with Crippen LogP contribution in [0, 0.1) is 5.82 Å². The van der Waals surface area contributed by atoms with Crippen LogP contribution in [0.4, 0.5) is 10.1 Å². The van der Waals surface area contributed by atoms with Gasteiger partial charge in [-0.05, 0) is 43.3 Å². The monoisotopic (exact) mass is 386 g/mol. The minimum absolute atomic E-state index is 0.161. The molecule has 0 atom stereocenters. The Bertz CT molecular complexity index is 992. The number of pyridine rings is 1. The lowest BCUT2D eigenvalue weighted by Gasteiger charge is -2.21. The van der Waals surface area contributed by atoms with E-state index in [2.05, 4.69) is 4.98 Å². The molecule has 0 aliphatic heterocycles. The fourth-order valence-electron chi connectivity index (χ4n) is 2.72. The molecular formula is C20H16ClFN2O3. The molecule has 0 spiro atoms. The zero-order valence-electron chi connectivity index (χ0n) is 14.5. The average Bonchev–Trinajstić information content (AvgIpc) is 2.67. The van der Waals surface area contributed by atoms with Crippen molar-refractivity contribution < 1.29 is 18.7 Å². The van der Waals surface area contributed by atoms with Gasteiger partial charge in [0.15, 0.2) is 6.61 Å². The zero-order valence-corrected chi connectivity index (χ0v) is 15.2. The van der Waals surface area contributed by atoms with Gasteiger partial charge in [0.1, 0.15) is 11.0 Å². The van der Waals surface area contributed by atoms with Gasteiger partial charge in [-0.25, -0.2) is 14.2 Å². The lowest BCUT2D eigenvalue weighted by molar-refractivity contribution is -0.121. The molecule has 1 heterocycles. The van der Waals surface area contributed by atoms with Crippen molar-refractivity contribution in [1.82, 2.24) is 4.98 Å². The fourth-order valence-corrected chi connectivity index (χ4v) is 2.92. The topological polar surface area (TPSA) is 59.5 Å². The van der Waals surface area contributed by atoms with E-state index in [9.17, 15) is 14.0 Å². The Hall–Kier alpha value is -2.99. The molecule has 0 radical (unpaired) electrons. The molecule has 138 valence electrons. The van der Waals surface area contributed by atoms with Crippen LogP contribution in [0.5, 0.6) is 0 Å². The summed E-state index contributed by atoms with van der Waals surface area (Å²) in [6, 6.07) is 14.0. The number of halogens is 2. The van der Waals surface area contributed by atoms with E-state index in [1.54, 1.807) is 31.2 Å². The number of hydrogen-bond donors (Lipinski definition) is 0. The van der Waals surface area contributed by atoms with E-state index < -0.39 is 24.3 Å². The number of para-hydroxylation sites is 1. The highest BCUT2D eigenvalue weighted by molar-refractivity contribution is 6.30. The maximum atomic E-state index is 13.1. The van der Waals surface area contributed by atoms with Gasteiger partial charge < -0.3 is 9.64 Å². The van der Waals surface area contributed by atoms with Gasteiger partial charge in [0.2, 0.25) is 0 Å². The summed E-state index contributed by atoms with van der Waals surface area (Å²) in [5, 5.41) is 0.749. The Morgan fingerprint density at radius 3 is 2.56 bits per heavy atom. The van der Waals surface area contributed by atoms with Crippen LogP contribution in [0.3, 0.4) is 0 Å². The van der Waals surface area contributed by atoms with Crippen molar-refractivity contribution in [2.75, 3.05) is 18.1 Å². The van der Waals surface area contributed by atoms with Crippen molar-refractivity contribution in [1.29, 1.82) is 0 Å². The second kappa shape index (κ2) is 8.14. The van der Waals surface area contributed by atoms with E-state index >= 15 is 0 Å². The number of rotatable bonds is 5. The Balaban J connectivity index is 1.75. The van der Waals surface area contributed by atoms with Crippen LogP contribution in [0.15, 0.2) is 54.6 Å². The van der Waals surface area contributed by atoms with Gasteiger partial charge in [0.05, 0.1) is 11.1 Å². The molecule has 0 saturated carbocycles. The SMILES string of the molecule is CCN(C(=O)COC(=O)c1cc(Cl)nc2ccccc12)c1ccc(F)cc1. The molecule has 0 saturated heterocycles. The van der Waals surface area contributed by atoms with Crippen molar-refractivity contribution >= 4 is 40.1 Å². The lowest BCUT2D eigenvalue weighted by Crippen LogP contribution is -2.34. The van der Waals surface area contributed by atoms with E-state index in [0.717, 1.165) is 0 Å². The van der Waals surface area contributed by atoms with Crippen LogP contribution in [0.2, 0.25) is 5.15 Å². The predicted molar refractivity (Wildman–Crippen MR) is 101 cm³/mol. The van der Waals surface area contributed by atoms with Crippen molar-refractivity contribution in [2.45, 2.75) is 6.92 Å². The molecule has 7 heteroatoms. The maximum absolute atomic E-state index is 13.1. The van der Waals surface area contributed by atoms with Gasteiger partial charge in [-0.1, -0.05) is 29.8 Å². The van der Waals surface area contributed by atoms with E-state index in [4.69, 9.17) is 16.3 Å². The minimum Gasteiger partial charge on any atom is -0.452 e. The number of ether oxygens (including phenoxy) is 1. The van der Waals surface area contributed by atoms with Crippen LogP contribution < -0.4 is 4.90 Å². The highest BCUT2D eigenvalue weighted by Gasteiger charge is 2.19. The first kappa shape index (κ1) is 18.8. The normalized spacial score (nSPS) is 10.6. The highest BCUT2D eigenvalue weighted by atomic mass is 35.5. The van der Waals surface area contributed by atoms with Gasteiger partial charge in [-0.2, -0.15) is 0 Å². The number of carbonyl (C=O) groups excluding carboxylic acids is 2. The molecule has 3 aromatic rings. The number of benzene rings is 2. The van der Waals surface area contributed by atoms with Gasteiger partial charge in [-0.3, -0.25) is 4.79 Å². The number of amides is 1. The Labute approximate surface area is 160 Å².